The van der Waals surface area contributed by atoms with Crippen LogP contribution in [0, 0.1) is 5.92 Å². The van der Waals surface area contributed by atoms with Crippen molar-refractivity contribution in [3.8, 4) is 0 Å². The zero-order valence-electron chi connectivity index (χ0n) is 10.7. The van der Waals surface area contributed by atoms with Crippen molar-refractivity contribution >= 4 is 5.91 Å². The second kappa shape index (κ2) is 6.49. The average Bonchev–Trinajstić information content (AvgIpc) is 2.90. The SMILES string of the molecule is CN(CCc1ncon1)C(=O)C[C@H]1CCCOC1. The van der Waals surface area contributed by atoms with Crippen LogP contribution in [0.3, 0.4) is 0 Å². The number of aromatic nitrogens is 2. The molecule has 1 amide bonds. The molecule has 0 aromatic carbocycles. The Kier molecular flexibility index (Phi) is 4.69. The maximum Gasteiger partial charge on any atom is 0.222 e. The fourth-order valence-corrected chi connectivity index (χ4v) is 2.07. The molecule has 0 N–H and O–H groups in total. The highest BCUT2D eigenvalue weighted by molar-refractivity contribution is 5.76. The smallest absolute Gasteiger partial charge is 0.222 e. The van der Waals surface area contributed by atoms with Gasteiger partial charge in [0, 0.05) is 39.6 Å². The van der Waals surface area contributed by atoms with Crippen LogP contribution in [0.4, 0.5) is 0 Å². The summed E-state index contributed by atoms with van der Waals surface area (Å²) < 4.78 is 10.0. The number of amides is 1. The third kappa shape index (κ3) is 3.80. The number of carbonyl (C=O) groups excluding carboxylic acids is 1. The fraction of sp³-hybridized carbons (Fsp3) is 0.750. The molecule has 2 rings (SSSR count). The number of likely N-dealkylation sites (N-methyl/N-ethyl adjacent to an activating group) is 1. The monoisotopic (exact) mass is 253 g/mol. The first-order chi connectivity index (χ1) is 8.75. The Morgan fingerprint density at radius 2 is 2.50 bits per heavy atom. The largest absolute Gasteiger partial charge is 0.381 e. The van der Waals surface area contributed by atoms with E-state index in [0.29, 0.717) is 37.7 Å². The molecule has 1 atom stereocenters. The third-order valence-corrected chi connectivity index (χ3v) is 3.22. The summed E-state index contributed by atoms with van der Waals surface area (Å²) in [5.74, 6) is 1.17. The van der Waals surface area contributed by atoms with Crippen LogP contribution >= 0.6 is 0 Å². The molecule has 0 radical (unpaired) electrons. The Balaban J connectivity index is 1.70. The minimum absolute atomic E-state index is 0.161. The molecule has 1 aromatic rings. The van der Waals surface area contributed by atoms with Gasteiger partial charge in [0.15, 0.2) is 5.82 Å². The van der Waals surface area contributed by atoms with Gasteiger partial charge in [-0.05, 0) is 18.8 Å². The first kappa shape index (κ1) is 13.0. The van der Waals surface area contributed by atoms with Crippen LogP contribution in [0.25, 0.3) is 0 Å². The maximum absolute atomic E-state index is 12.0. The summed E-state index contributed by atoms with van der Waals surface area (Å²) in [6.07, 6.45) is 4.65. The van der Waals surface area contributed by atoms with E-state index in [0.717, 1.165) is 19.4 Å². The van der Waals surface area contributed by atoms with Gasteiger partial charge in [-0.15, -0.1) is 0 Å². The van der Waals surface area contributed by atoms with Gasteiger partial charge in [-0.1, -0.05) is 5.16 Å². The molecule has 1 aromatic heterocycles. The van der Waals surface area contributed by atoms with Gasteiger partial charge in [0.25, 0.3) is 0 Å². The first-order valence-electron chi connectivity index (χ1n) is 6.32. The highest BCUT2D eigenvalue weighted by Gasteiger charge is 2.19. The summed E-state index contributed by atoms with van der Waals surface area (Å²) >= 11 is 0. The molecular formula is C12H19N3O3. The summed E-state index contributed by atoms with van der Waals surface area (Å²) in [6, 6.07) is 0. The normalized spacial score (nSPS) is 19.7. The lowest BCUT2D eigenvalue weighted by Crippen LogP contribution is -2.32. The van der Waals surface area contributed by atoms with Gasteiger partial charge in [0.2, 0.25) is 12.3 Å². The topological polar surface area (TPSA) is 68.5 Å². The Morgan fingerprint density at radius 3 is 3.17 bits per heavy atom. The van der Waals surface area contributed by atoms with Gasteiger partial charge in [0.1, 0.15) is 0 Å². The first-order valence-corrected chi connectivity index (χ1v) is 6.32. The van der Waals surface area contributed by atoms with Crippen molar-refractivity contribution in [2.45, 2.75) is 25.7 Å². The number of nitrogens with zero attached hydrogens (tertiary/aromatic N) is 3. The van der Waals surface area contributed by atoms with Crippen molar-refractivity contribution in [2.24, 2.45) is 5.92 Å². The van der Waals surface area contributed by atoms with Crippen molar-refractivity contribution in [1.29, 1.82) is 0 Å². The molecule has 100 valence electrons. The van der Waals surface area contributed by atoms with Gasteiger partial charge in [-0.2, -0.15) is 4.98 Å². The number of rotatable bonds is 5. The fourth-order valence-electron chi connectivity index (χ4n) is 2.07. The van der Waals surface area contributed by atoms with Crippen LogP contribution in [-0.4, -0.2) is 47.8 Å². The zero-order valence-corrected chi connectivity index (χ0v) is 10.7. The van der Waals surface area contributed by atoms with Crippen LogP contribution in [-0.2, 0) is 16.0 Å². The summed E-state index contributed by atoms with van der Waals surface area (Å²) in [5.41, 5.74) is 0. The molecule has 1 fully saturated rings. The van der Waals surface area contributed by atoms with Gasteiger partial charge in [-0.25, -0.2) is 0 Å². The van der Waals surface area contributed by atoms with E-state index in [1.165, 1.54) is 6.39 Å². The minimum atomic E-state index is 0.161. The zero-order chi connectivity index (χ0) is 12.8. The highest BCUT2D eigenvalue weighted by atomic mass is 16.5. The van der Waals surface area contributed by atoms with Crippen molar-refractivity contribution in [2.75, 3.05) is 26.8 Å². The predicted molar refractivity (Wildman–Crippen MR) is 63.8 cm³/mol. The average molecular weight is 253 g/mol. The summed E-state index contributed by atoms with van der Waals surface area (Å²) in [7, 11) is 1.81. The molecule has 18 heavy (non-hydrogen) atoms. The van der Waals surface area contributed by atoms with E-state index >= 15 is 0 Å². The molecular weight excluding hydrogens is 234 g/mol. The van der Waals surface area contributed by atoms with Gasteiger partial charge < -0.3 is 14.2 Å². The number of carbonyl (C=O) groups is 1. The van der Waals surface area contributed by atoms with Crippen molar-refractivity contribution in [3.63, 3.8) is 0 Å². The lowest BCUT2D eigenvalue weighted by Gasteiger charge is -2.24. The molecule has 1 aliphatic rings. The second-order valence-corrected chi connectivity index (χ2v) is 4.70. The summed E-state index contributed by atoms with van der Waals surface area (Å²) in [6.45, 7) is 2.16. The standard InChI is InChI=1S/C12H19N3O3/c1-15(5-4-11-13-9-18-14-11)12(16)7-10-3-2-6-17-8-10/h9-10H,2-8H2,1H3/t10-/m1/s1. The molecule has 2 heterocycles. The van der Waals surface area contributed by atoms with E-state index in [4.69, 9.17) is 4.74 Å². The van der Waals surface area contributed by atoms with Gasteiger partial charge in [-0.3, -0.25) is 4.79 Å². The van der Waals surface area contributed by atoms with E-state index in [1.807, 2.05) is 7.05 Å². The van der Waals surface area contributed by atoms with Gasteiger partial charge >= 0.3 is 0 Å². The maximum atomic E-state index is 12.0. The summed E-state index contributed by atoms with van der Waals surface area (Å²) in [5, 5.41) is 3.72. The van der Waals surface area contributed by atoms with Crippen LogP contribution in [0.1, 0.15) is 25.1 Å². The molecule has 6 nitrogen and oxygen atoms in total. The van der Waals surface area contributed by atoms with E-state index in [1.54, 1.807) is 4.90 Å². The number of hydrogen-bond acceptors (Lipinski definition) is 5. The van der Waals surface area contributed by atoms with Crippen LogP contribution in [0.15, 0.2) is 10.9 Å². The molecule has 0 aliphatic carbocycles. The molecule has 0 saturated carbocycles. The third-order valence-electron chi connectivity index (χ3n) is 3.22. The van der Waals surface area contributed by atoms with E-state index < -0.39 is 0 Å². The predicted octanol–water partition coefficient (Wildman–Crippen LogP) is 0.887. The minimum Gasteiger partial charge on any atom is -0.381 e. The summed E-state index contributed by atoms with van der Waals surface area (Å²) in [4.78, 5) is 17.6. The van der Waals surface area contributed by atoms with Crippen molar-refractivity contribution in [3.05, 3.63) is 12.2 Å². The number of hydrogen-bond donors (Lipinski definition) is 0. The Hall–Kier alpha value is -1.43. The quantitative estimate of drug-likeness (QED) is 0.779. The van der Waals surface area contributed by atoms with Crippen LogP contribution < -0.4 is 0 Å². The highest BCUT2D eigenvalue weighted by Crippen LogP contribution is 2.17. The van der Waals surface area contributed by atoms with E-state index in [2.05, 4.69) is 14.7 Å². The Labute approximate surface area is 106 Å². The lowest BCUT2D eigenvalue weighted by atomic mass is 9.98. The van der Waals surface area contributed by atoms with E-state index in [9.17, 15) is 4.79 Å². The van der Waals surface area contributed by atoms with Crippen molar-refractivity contribution < 1.29 is 14.1 Å². The molecule has 6 heteroatoms. The lowest BCUT2D eigenvalue weighted by molar-refractivity contribution is -0.132. The van der Waals surface area contributed by atoms with Crippen LogP contribution in [0.5, 0.6) is 0 Å². The van der Waals surface area contributed by atoms with Crippen LogP contribution in [0.2, 0.25) is 0 Å². The molecule has 1 aliphatic heterocycles. The Bertz CT molecular complexity index is 361. The molecule has 0 spiro atoms. The van der Waals surface area contributed by atoms with Crippen molar-refractivity contribution in [1.82, 2.24) is 15.0 Å². The second-order valence-electron chi connectivity index (χ2n) is 4.70. The van der Waals surface area contributed by atoms with Gasteiger partial charge in [0.05, 0.1) is 0 Å². The molecule has 0 bridgehead atoms. The van der Waals surface area contributed by atoms with E-state index in [-0.39, 0.29) is 5.91 Å². The molecule has 0 unspecified atom stereocenters. The Morgan fingerprint density at radius 1 is 1.61 bits per heavy atom. The number of ether oxygens (including phenoxy) is 1. The molecule has 1 saturated heterocycles.